The van der Waals surface area contributed by atoms with Crippen LogP contribution in [0.4, 0.5) is 0 Å². The van der Waals surface area contributed by atoms with Crippen molar-refractivity contribution in [3.8, 4) is 39.5 Å². The highest BCUT2D eigenvalue weighted by Crippen LogP contribution is 2.44. The summed E-state index contributed by atoms with van der Waals surface area (Å²) in [4.78, 5) is 0.504. The summed E-state index contributed by atoms with van der Waals surface area (Å²) in [5.74, 6) is 1.96. The molecule has 0 N–H and O–H groups in total. The molecule has 238 valence electrons. The summed E-state index contributed by atoms with van der Waals surface area (Å²) < 4.78 is 40.3. The lowest BCUT2D eigenvalue weighted by molar-refractivity contribution is 0.106. The number of hydrogen-bond donors (Lipinski definition) is 0. The van der Waals surface area contributed by atoms with Gasteiger partial charge in [-0.15, -0.1) is 0 Å². The molecule has 0 amide bonds. The number of ether oxygens (including phenoxy) is 2. The molecule has 5 rings (SSSR count). The number of sulfone groups is 1. The number of rotatable bonds is 12. The summed E-state index contributed by atoms with van der Waals surface area (Å²) >= 11 is 0. The van der Waals surface area contributed by atoms with E-state index in [1.54, 1.807) is 36.4 Å². The van der Waals surface area contributed by atoms with Crippen LogP contribution in [0, 0.1) is 0 Å². The molecule has 0 aromatic heterocycles. The second-order valence-electron chi connectivity index (χ2n) is 12.7. The zero-order valence-electron chi connectivity index (χ0n) is 27.7. The summed E-state index contributed by atoms with van der Waals surface area (Å²) in [7, 11) is -3.70. The lowest BCUT2D eigenvalue weighted by Gasteiger charge is -2.27. The third kappa shape index (κ3) is 7.05. The van der Waals surface area contributed by atoms with Gasteiger partial charge >= 0.3 is 0 Å². The predicted octanol–water partition coefficient (Wildman–Crippen LogP) is 11.3. The maximum atomic E-state index is 13.6. The smallest absolute Gasteiger partial charge is 0.206 e. The molecule has 0 saturated carbocycles. The minimum Gasteiger partial charge on any atom is -0.487 e. The van der Waals surface area contributed by atoms with Crippen molar-refractivity contribution in [1.29, 1.82) is 0 Å². The van der Waals surface area contributed by atoms with Crippen molar-refractivity contribution in [3.05, 3.63) is 127 Å². The predicted molar refractivity (Wildman–Crippen MR) is 189 cm³/mol. The van der Waals surface area contributed by atoms with Gasteiger partial charge < -0.3 is 9.47 Å². The Labute approximate surface area is 275 Å². The Kier molecular flexibility index (Phi) is 9.74. The number of hydrogen-bond acceptors (Lipinski definition) is 4. The molecule has 5 heteroatoms. The molecule has 0 radical (unpaired) electrons. The average molecular weight is 633 g/mol. The first-order chi connectivity index (χ1) is 22.0. The maximum absolute atomic E-state index is 13.6. The molecule has 4 nitrogen and oxygen atoms in total. The molecule has 5 aromatic rings. The molecule has 0 heterocycles. The van der Waals surface area contributed by atoms with E-state index in [0.29, 0.717) is 11.5 Å². The minimum absolute atomic E-state index is 0.0246. The van der Waals surface area contributed by atoms with Crippen LogP contribution < -0.4 is 9.47 Å². The first kappa shape index (κ1) is 33.0. The summed E-state index contributed by atoms with van der Waals surface area (Å²) in [6.45, 7) is 12.8. The van der Waals surface area contributed by atoms with Gasteiger partial charge in [-0.05, 0) is 104 Å². The standard InChI is InChI=1S/C41H44O4S/c1-7-40(4,5)45-39-29-36(30-16-12-10-13-17-30)38(28-37(39)31-18-14-11-15-19-31)44-33-22-26-35(27-23-33)46(42,43)34-24-20-32(21-25-34)41(6,8-2)9-3/h10-29H,7-9H2,1-6H3. The van der Waals surface area contributed by atoms with E-state index < -0.39 is 9.84 Å². The van der Waals surface area contributed by atoms with Gasteiger partial charge in [0.25, 0.3) is 0 Å². The second kappa shape index (κ2) is 13.6. The maximum Gasteiger partial charge on any atom is 0.206 e. The first-order valence-corrected chi connectivity index (χ1v) is 17.6. The molecule has 0 bridgehead atoms. The molecule has 0 aliphatic rings. The van der Waals surface area contributed by atoms with E-state index in [2.05, 4.69) is 59.7 Å². The molecule has 0 fully saturated rings. The van der Waals surface area contributed by atoms with E-state index in [1.165, 1.54) is 0 Å². The zero-order chi connectivity index (χ0) is 33.0. The van der Waals surface area contributed by atoms with Gasteiger partial charge in [0.1, 0.15) is 22.8 Å². The summed E-state index contributed by atoms with van der Waals surface area (Å²) in [5.41, 5.74) is 4.61. The van der Waals surface area contributed by atoms with E-state index in [9.17, 15) is 8.42 Å². The molecule has 0 unspecified atom stereocenters. The monoisotopic (exact) mass is 632 g/mol. The first-order valence-electron chi connectivity index (χ1n) is 16.1. The lowest BCUT2D eigenvalue weighted by Crippen LogP contribution is -2.27. The Bertz CT molecular complexity index is 1860. The molecule has 46 heavy (non-hydrogen) atoms. The third-order valence-corrected chi connectivity index (χ3v) is 11.1. The summed E-state index contributed by atoms with van der Waals surface area (Å²) in [5, 5.41) is 0. The van der Waals surface area contributed by atoms with Gasteiger partial charge in [-0.1, -0.05) is 100 Å². The molecule has 0 aliphatic carbocycles. The highest BCUT2D eigenvalue weighted by atomic mass is 32.2. The van der Waals surface area contributed by atoms with Crippen molar-refractivity contribution in [2.75, 3.05) is 0 Å². The Balaban J connectivity index is 1.52. The van der Waals surface area contributed by atoms with Gasteiger partial charge in [0.15, 0.2) is 0 Å². The van der Waals surface area contributed by atoms with E-state index in [1.807, 2.05) is 66.7 Å². The van der Waals surface area contributed by atoms with Gasteiger partial charge in [0.2, 0.25) is 9.84 Å². The van der Waals surface area contributed by atoms with Crippen molar-refractivity contribution in [2.45, 2.75) is 81.6 Å². The SMILES string of the molecule is CCC(C)(C)Oc1cc(-c2ccccc2)c(Oc2ccc(S(=O)(=O)c3ccc(C(C)(CC)CC)cc3)cc2)cc1-c1ccccc1. The highest BCUT2D eigenvalue weighted by Gasteiger charge is 2.25. The van der Waals surface area contributed by atoms with Crippen molar-refractivity contribution in [1.82, 2.24) is 0 Å². The lowest BCUT2D eigenvalue weighted by atomic mass is 9.78. The van der Waals surface area contributed by atoms with Crippen LogP contribution in [0.1, 0.15) is 66.4 Å². The van der Waals surface area contributed by atoms with Gasteiger partial charge in [-0.2, -0.15) is 0 Å². The topological polar surface area (TPSA) is 52.6 Å². The largest absolute Gasteiger partial charge is 0.487 e. The van der Waals surface area contributed by atoms with Crippen LogP contribution in [0.15, 0.2) is 131 Å². The van der Waals surface area contributed by atoms with Crippen molar-refractivity contribution in [3.63, 3.8) is 0 Å². The van der Waals surface area contributed by atoms with Crippen LogP contribution >= 0.6 is 0 Å². The van der Waals surface area contributed by atoms with Crippen molar-refractivity contribution in [2.24, 2.45) is 0 Å². The Hall–Kier alpha value is -4.35. The molecule has 0 spiro atoms. The second-order valence-corrected chi connectivity index (χ2v) is 14.6. The fraction of sp³-hybridized carbons (Fsp3) is 0.268. The van der Waals surface area contributed by atoms with Crippen LogP contribution in [-0.4, -0.2) is 14.0 Å². The minimum atomic E-state index is -3.70. The van der Waals surface area contributed by atoms with E-state index in [4.69, 9.17) is 9.47 Å². The van der Waals surface area contributed by atoms with Crippen LogP contribution in [0.2, 0.25) is 0 Å². The third-order valence-electron chi connectivity index (χ3n) is 9.27. The summed E-state index contributed by atoms with van der Waals surface area (Å²) in [6.07, 6.45) is 2.82. The Morgan fingerprint density at radius 3 is 1.50 bits per heavy atom. The van der Waals surface area contributed by atoms with Crippen molar-refractivity contribution < 1.29 is 17.9 Å². The van der Waals surface area contributed by atoms with Gasteiger partial charge in [-0.3, -0.25) is 0 Å². The zero-order valence-corrected chi connectivity index (χ0v) is 28.5. The fourth-order valence-corrected chi connectivity index (χ4v) is 6.69. The summed E-state index contributed by atoms with van der Waals surface area (Å²) in [6, 6.07) is 38.3. The van der Waals surface area contributed by atoms with Crippen LogP contribution in [0.5, 0.6) is 17.2 Å². The Morgan fingerprint density at radius 1 is 0.565 bits per heavy atom. The van der Waals surface area contributed by atoms with Crippen LogP contribution in [0.3, 0.4) is 0 Å². The average Bonchev–Trinajstić information content (AvgIpc) is 3.09. The number of benzene rings is 5. The molecule has 0 atom stereocenters. The molecule has 0 saturated heterocycles. The molecule has 0 aliphatic heterocycles. The van der Waals surface area contributed by atoms with Crippen molar-refractivity contribution >= 4 is 9.84 Å². The molecule has 5 aromatic carbocycles. The van der Waals surface area contributed by atoms with Gasteiger partial charge in [0.05, 0.1) is 9.79 Å². The molecular weight excluding hydrogens is 589 g/mol. The Morgan fingerprint density at radius 2 is 1.02 bits per heavy atom. The van der Waals surface area contributed by atoms with Crippen LogP contribution in [-0.2, 0) is 15.3 Å². The van der Waals surface area contributed by atoms with Crippen LogP contribution in [0.25, 0.3) is 22.3 Å². The van der Waals surface area contributed by atoms with E-state index in [0.717, 1.165) is 52.8 Å². The quantitative estimate of drug-likeness (QED) is 0.137. The molecular formula is C41H44O4S. The van der Waals surface area contributed by atoms with E-state index >= 15 is 0 Å². The fourth-order valence-electron chi connectivity index (χ4n) is 5.43. The van der Waals surface area contributed by atoms with E-state index in [-0.39, 0.29) is 20.8 Å². The van der Waals surface area contributed by atoms with Gasteiger partial charge in [-0.25, -0.2) is 8.42 Å². The highest BCUT2D eigenvalue weighted by molar-refractivity contribution is 7.91. The van der Waals surface area contributed by atoms with Gasteiger partial charge in [0, 0.05) is 11.1 Å². The normalized spacial score (nSPS) is 12.1.